The second kappa shape index (κ2) is 4.46. The van der Waals surface area contributed by atoms with Gasteiger partial charge in [-0.15, -0.1) is 0 Å². The summed E-state index contributed by atoms with van der Waals surface area (Å²) in [6, 6.07) is 13.3. The Morgan fingerprint density at radius 3 is 2.80 bits per heavy atom. The Balaban J connectivity index is 2.33. The summed E-state index contributed by atoms with van der Waals surface area (Å²) >= 11 is 0. The fourth-order valence-electron chi connectivity index (χ4n) is 2.85. The van der Waals surface area contributed by atoms with Crippen LogP contribution in [0, 0.1) is 28.4 Å². The van der Waals surface area contributed by atoms with Crippen molar-refractivity contribution in [3.63, 3.8) is 0 Å². The molecule has 2 aromatic carbocycles. The van der Waals surface area contributed by atoms with E-state index in [0.717, 1.165) is 22.3 Å². The lowest BCUT2D eigenvalue weighted by Gasteiger charge is -2.23. The molecule has 3 rings (SSSR count). The number of nitro groups is 1. The second-order valence-corrected chi connectivity index (χ2v) is 5.04. The molecule has 1 aliphatic rings. The van der Waals surface area contributed by atoms with Crippen molar-refractivity contribution >= 4 is 5.69 Å². The molecule has 0 spiro atoms. The lowest BCUT2D eigenvalue weighted by molar-refractivity contribution is -0.385. The summed E-state index contributed by atoms with van der Waals surface area (Å²) < 4.78 is 0. The van der Waals surface area contributed by atoms with Crippen LogP contribution in [-0.2, 0) is 6.42 Å². The molecule has 0 unspecified atom stereocenters. The molecule has 0 heterocycles. The molecule has 2 aromatic rings. The van der Waals surface area contributed by atoms with E-state index in [-0.39, 0.29) is 16.5 Å². The van der Waals surface area contributed by atoms with Gasteiger partial charge in [0.2, 0.25) is 0 Å². The standard InChI is InChI=1S/C16H12N2O2/c1-10-5-6-12-11(9-17)8-15-13(14(12)7-10)3-2-4-16(15)18(19)20/h2-7,11H,8H2,1H3/t11-/m0/s1. The molecule has 0 bridgehead atoms. The first-order valence-electron chi connectivity index (χ1n) is 6.38. The van der Waals surface area contributed by atoms with Gasteiger partial charge in [-0.2, -0.15) is 5.26 Å². The Labute approximate surface area is 116 Å². The van der Waals surface area contributed by atoms with Crippen molar-refractivity contribution in [2.75, 3.05) is 0 Å². The second-order valence-electron chi connectivity index (χ2n) is 5.04. The Morgan fingerprint density at radius 2 is 2.10 bits per heavy atom. The van der Waals surface area contributed by atoms with Gasteiger partial charge in [0.1, 0.15) is 0 Å². The third-order valence-electron chi connectivity index (χ3n) is 3.79. The molecular formula is C16H12N2O2. The minimum atomic E-state index is -0.367. The average molecular weight is 264 g/mol. The van der Waals surface area contributed by atoms with Crippen LogP contribution in [0.3, 0.4) is 0 Å². The topological polar surface area (TPSA) is 66.9 Å². The number of nitrogens with zero attached hydrogens (tertiary/aromatic N) is 2. The summed E-state index contributed by atoms with van der Waals surface area (Å²) in [4.78, 5) is 10.8. The maximum Gasteiger partial charge on any atom is 0.273 e. The SMILES string of the molecule is Cc1ccc2c(c1)-c1cccc([N+](=O)[O-])c1C[C@H]2C#N. The van der Waals surface area contributed by atoms with Gasteiger partial charge in [0.05, 0.1) is 16.9 Å². The molecule has 0 N–H and O–H groups in total. The van der Waals surface area contributed by atoms with E-state index in [1.807, 2.05) is 31.2 Å². The highest BCUT2D eigenvalue weighted by atomic mass is 16.6. The summed E-state index contributed by atoms with van der Waals surface area (Å²) in [5.41, 5.74) is 4.65. The minimum absolute atomic E-state index is 0.106. The van der Waals surface area contributed by atoms with Crippen molar-refractivity contribution in [2.45, 2.75) is 19.3 Å². The van der Waals surface area contributed by atoms with Gasteiger partial charge in [-0.1, -0.05) is 35.9 Å². The van der Waals surface area contributed by atoms with E-state index in [1.54, 1.807) is 6.07 Å². The maximum absolute atomic E-state index is 11.2. The molecule has 20 heavy (non-hydrogen) atoms. The van der Waals surface area contributed by atoms with E-state index in [1.165, 1.54) is 6.07 Å². The molecule has 98 valence electrons. The van der Waals surface area contributed by atoms with Gasteiger partial charge < -0.3 is 0 Å². The monoisotopic (exact) mass is 264 g/mol. The molecule has 0 saturated heterocycles. The summed E-state index contributed by atoms with van der Waals surface area (Å²) in [7, 11) is 0. The molecule has 4 heteroatoms. The summed E-state index contributed by atoms with van der Waals surface area (Å²) in [6.45, 7) is 1.98. The van der Waals surface area contributed by atoms with Crippen molar-refractivity contribution < 1.29 is 4.92 Å². The number of hydrogen-bond donors (Lipinski definition) is 0. The Kier molecular flexibility index (Phi) is 2.76. The molecule has 4 nitrogen and oxygen atoms in total. The van der Waals surface area contributed by atoms with E-state index in [0.29, 0.717) is 12.0 Å². The fourth-order valence-corrected chi connectivity index (χ4v) is 2.85. The Morgan fingerprint density at radius 1 is 1.30 bits per heavy atom. The van der Waals surface area contributed by atoms with Gasteiger partial charge in [0.15, 0.2) is 0 Å². The van der Waals surface area contributed by atoms with Crippen LogP contribution in [0.15, 0.2) is 36.4 Å². The lowest BCUT2D eigenvalue weighted by atomic mass is 9.78. The van der Waals surface area contributed by atoms with Crippen molar-refractivity contribution in [3.05, 3.63) is 63.2 Å². The molecule has 0 aliphatic heterocycles. The average Bonchev–Trinajstić information content (AvgIpc) is 2.45. The van der Waals surface area contributed by atoms with Crippen LogP contribution in [-0.4, -0.2) is 4.92 Å². The molecular weight excluding hydrogens is 252 g/mol. The highest BCUT2D eigenvalue weighted by molar-refractivity contribution is 5.78. The predicted octanol–water partition coefficient (Wildman–Crippen LogP) is 3.73. The summed E-state index contributed by atoms with van der Waals surface area (Å²) in [5, 5.41) is 20.5. The molecule has 0 radical (unpaired) electrons. The summed E-state index contributed by atoms with van der Waals surface area (Å²) in [5.74, 6) is -0.320. The highest BCUT2D eigenvalue weighted by Crippen LogP contribution is 2.43. The maximum atomic E-state index is 11.2. The molecule has 0 aromatic heterocycles. The largest absolute Gasteiger partial charge is 0.273 e. The number of benzene rings is 2. The van der Waals surface area contributed by atoms with Gasteiger partial charge in [-0.3, -0.25) is 10.1 Å². The van der Waals surface area contributed by atoms with Crippen LogP contribution in [0.4, 0.5) is 5.69 Å². The van der Waals surface area contributed by atoms with E-state index in [9.17, 15) is 15.4 Å². The Bertz CT molecular complexity index is 760. The molecule has 1 atom stereocenters. The number of hydrogen-bond acceptors (Lipinski definition) is 3. The molecule has 0 fully saturated rings. The number of fused-ring (bicyclic) bond motifs is 3. The smallest absolute Gasteiger partial charge is 0.258 e. The summed E-state index contributed by atoms with van der Waals surface area (Å²) in [6.07, 6.45) is 0.402. The van der Waals surface area contributed by atoms with Crippen LogP contribution < -0.4 is 0 Å². The van der Waals surface area contributed by atoms with Crippen LogP contribution in [0.1, 0.15) is 22.6 Å². The predicted molar refractivity (Wildman–Crippen MR) is 75.3 cm³/mol. The number of nitriles is 1. The van der Waals surface area contributed by atoms with E-state index in [4.69, 9.17) is 0 Å². The van der Waals surface area contributed by atoms with E-state index < -0.39 is 0 Å². The molecule has 0 saturated carbocycles. The van der Waals surface area contributed by atoms with Crippen molar-refractivity contribution in [2.24, 2.45) is 0 Å². The highest BCUT2D eigenvalue weighted by Gasteiger charge is 2.29. The molecule has 1 aliphatic carbocycles. The first-order chi connectivity index (χ1) is 9.61. The zero-order valence-corrected chi connectivity index (χ0v) is 11.0. The first-order valence-corrected chi connectivity index (χ1v) is 6.38. The lowest BCUT2D eigenvalue weighted by Crippen LogP contribution is -2.12. The van der Waals surface area contributed by atoms with Crippen LogP contribution in [0.25, 0.3) is 11.1 Å². The fraction of sp³-hybridized carbons (Fsp3) is 0.188. The van der Waals surface area contributed by atoms with Crippen molar-refractivity contribution in [1.82, 2.24) is 0 Å². The zero-order valence-electron chi connectivity index (χ0n) is 11.0. The first kappa shape index (κ1) is 12.4. The number of rotatable bonds is 1. The minimum Gasteiger partial charge on any atom is -0.258 e. The van der Waals surface area contributed by atoms with Crippen molar-refractivity contribution in [3.8, 4) is 17.2 Å². The quantitative estimate of drug-likeness (QED) is 0.582. The van der Waals surface area contributed by atoms with Gasteiger partial charge in [0, 0.05) is 11.6 Å². The zero-order chi connectivity index (χ0) is 14.3. The van der Waals surface area contributed by atoms with Gasteiger partial charge >= 0.3 is 0 Å². The van der Waals surface area contributed by atoms with Crippen LogP contribution >= 0.6 is 0 Å². The van der Waals surface area contributed by atoms with E-state index >= 15 is 0 Å². The third kappa shape index (κ3) is 1.76. The van der Waals surface area contributed by atoms with Gasteiger partial charge in [0.25, 0.3) is 5.69 Å². The van der Waals surface area contributed by atoms with Gasteiger partial charge in [-0.25, -0.2) is 0 Å². The number of aryl methyl sites for hydroxylation is 1. The number of nitro benzene ring substituents is 1. The van der Waals surface area contributed by atoms with E-state index in [2.05, 4.69) is 6.07 Å². The van der Waals surface area contributed by atoms with Crippen LogP contribution in [0.2, 0.25) is 0 Å². The normalized spacial score (nSPS) is 15.9. The van der Waals surface area contributed by atoms with Crippen LogP contribution in [0.5, 0.6) is 0 Å². The van der Waals surface area contributed by atoms with Crippen molar-refractivity contribution in [1.29, 1.82) is 5.26 Å². The van der Waals surface area contributed by atoms with Gasteiger partial charge in [-0.05, 0) is 30.0 Å². The molecule has 0 amide bonds. The third-order valence-corrected chi connectivity index (χ3v) is 3.79. The Hall–Kier alpha value is -2.67.